The summed E-state index contributed by atoms with van der Waals surface area (Å²) < 4.78 is 10.6. The van der Waals surface area contributed by atoms with Crippen LogP contribution in [0.2, 0.25) is 0 Å². The molecule has 1 aliphatic carbocycles. The molecule has 7 heteroatoms. The molecule has 2 aliphatic rings. The van der Waals surface area contributed by atoms with Gasteiger partial charge in [0, 0.05) is 40.1 Å². The lowest BCUT2D eigenvalue weighted by atomic mass is 9.69. The number of nitrogens with one attached hydrogen (secondary N) is 1. The van der Waals surface area contributed by atoms with Crippen molar-refractivity contribution in [2.24, 2.45) is 5.92 Å². The standard InChI is InChI=1S/C24H25NO5S/c1-4-30-24(28)21-13(2)25-16-10-15(20-6-5-9-31-20)11-18(27)23(16)22(21)14-7-8-17(26)19(12-14)29-3/h5-9,12,15,21-22,25-26H,2,4,10-11H2,1,3H3. The van der Waals surface area contributed by atoms with Crippen molar-refractivity contribution < 1.29 is 24.2 Å². The number of hydrogen-bond donors (Lipinski definition) is 2. The Morgan fingerprint density at radius 2 is 2.13 bits per heavy atom. The molecule has 3 atom stereocenters. The van der Waals surface area contributed by atoms with E-state index in [1.54, 1.807) is 30.4 Å². The Balaban J connectivity index is 1.83. The molecule has 3 unspecified atom stereocenters. The molecule has 1 aromatic heterocycles. The zero-order valence-electron chi connectivity index (χ0n) is 17.5. The van der Waals surface area contributed by atoms with Crippen LogP contribution in [0.1, 0.15) is 42.0 Å². The fraction of sp³-hybridized carbons (Fsp3) is 0.333. The van der Waals surface area contributed by atoms with Crippen LogP contribution in [0.15, 0.2) is 59.3 Å². The van der Waals surface area contributed by atoms with Crippen molar-refractivity contribution in [2.75, 3.05) is 13.7 Å². The quantitative estimate of drug-likeness (QED) is 0.678. The monoisotopic (exact) mass is 439 g/mol. The number of esters is 1. The van der Waals surface area contributed by atoms with Crippen molar-refractivity contribution in [3.8, 4) is 11.5 Å². The highest BCUT2D eigenvalue weighted by Crippen LogP contribution is 2.48. The summed E-state index contributed by atoms with van der Waals surface area (Å²) in [6.45, 7) is 6.08. The second-order valence-electron chi connectivity index (χ2n) is 7.72. The van der Waals surface area contributed by atoms with Gasteiger partial charge < -0.3 is 19.9 Å². The number of methoxy groups -OCH3 is 1. The molecule has 0 amide bonds. The predicted octanol–water partition coefficient (Wildman–Crippen LogP) is 4.24. The first-order chi connectivity index (χ1) is 14.9. The maximum Gasteiger partial charge on any atom is 0.315 e. The summed E-state index contributed by atoms with van der Waals surface area (Å²) in [5.74, 6) is -1.37. The van der Waals surface area contributed by atoms with Gasteiger partial charge in [-0.05, 0) is 42.5 Å². The minimum Gasteiger partial charge on any atom is -0.504 e. The number of carbonyl (C=O) groups is 2. The molecular formula is C24H25NO5S. The average molecular weight is 440 g/mol. The van der Waals surface area contributed by atoms with E-state index < -0.39 is 17.8 Å². The molecule has 2 aromatic rings. The molecule has 31 heavy (non-hydrogen) atoms. The van der Waals surface area contributed by atoms with Gasteiger partial charge >= 0.3 is 5.97 Å². The number of benzene rings is 1. The number of phenolic OH excluding ortho intramolecular Hbond substituents is 1. The fourth-order valence-corrected chi connectivity index (χ4v) is 5.36. The molecular weight excluding hydrogens is 414 g/mol. The third-order valence-corrected chi connectivity index (χ3v) is 6.92. The van der Waals surface area contributed by atoms with Crippen molar-refractivity contribution in [1.29, 1.82) is 0 Å². The zero-order valence-corrected chi connectivity index (χ0v) is 18.3. The van der Waals surface area contributed by atoms with E-state index in [1.165, 1.54) is 18.1 Å². The molecule has 162 valence electrons. The number of aromatic hydroxyl groups is 1. The van der Waals surface area contributed by atoms with Crippen LogP contribution in [-0.4, -0.2) is 30.6 Å². The van der Waals surface area contributed by atoms with Crippen LogP contribution in [0.3, 0.4) is 0 Å². The van der Waals surface area contributed by atoms with Gasteiger partial charge in [0.15, 0.2) is 17.3 Å². The first-order valence-corrected chi connectivity index (χ1v) is 11.1. The van der Waals surface area contributed by atoms with E-state index in [9.17, 15) is 14.7 Å². The zero-order chi connectivity index (χ0) is 22.1. The van der Waals surface area contributed by atoms with Crippen LogP contribution >= 0.6 is 11.3 Å². The summed E-state index contributed by atoms with van der Waals surface area (Å²) >= 11 is 1.64. The Morgan fingerprint density at radius 3 is 2.81 bits per heavy atom. The molecule has 0 spiro atoms. The summed E-state index contributed by atoms with van der Waals surface area (Å²) in [5, 5.41) is 15.3. The van der Waals surface area contributed by atoms with Crippen molar-refractivity contribution in [3.63, 3.8) is 0 Å². The molecule has 4 rings (SSSR count). The van der Waals surface area contributed by atoms with Gasteiger partial charge in [-0.3, -0.25) is 9.59 Å². The van der Waals surface area contributed by atoms with Crippen LogP contribution in [0.5, 0.6) is 11.5 Å². The van der Waals surface area contributed by atoms with E-state index in [-0.39, 0.29) is 29.8 Å². The molecule has 1 aliphatic heterocycles. The molecule has 0 fully saturated rings. The Bertz CT molecular complexity index is 1060. The van der Waals surface area contributed by atoms with E-state index in [4.69, 9.17) is 9.47 Å². The first-order valence-electron chi connectivity index (χ1n) is 10.2. The number of rotatable bonds is 5. The number of ketones is 1. The SMILES string of the molecule is C=C1NC2=C(C(=O)CC(c3cccs3)C2)C(c2ccc(O)c(OC)c2)C1C(=O)OCC. The van der Waals surface area contributed by atoms with Gasteiger partial charge in [0.1, 0.15) is 5.92 Å². The number of phenols is 1. The minimum atomic E-state index is -0.754. The van der Waals surface area contributed by atoms with E-state index in [0.29, 0.717) is 29.7 Å². The van der Waals surface area contributed by atoms with Crippen molar-refractivity contribution in [3.05, 3.63) is 69.7 Å². The van der Waals surface area contributed by atoms with E-state index >= 15 is 0 Å². The number of allylic oxidation sites excluding steroid dienone is 2. The summed E-state index contributed by atoms with van der Waals surface area (Å²) in [7, 11) is 1.46. The van der Waals surface area contributed by atoms with Crippen LogP contribution in [0.4, 0.5) is 0 Å². The molecule has 0 saturated carbocycles. The first kappa shape index (κ1) is 21.2. The largest absolute Gasteiger partial charge is 0.504 e. The van der Waals surface area contributed by atoms with E-state index in [1.807, 2.05) is 11.4 Å². The predicted molar refractivity (Wildman–Crippen MR) is 118 cm³/mol. The van der Waals surface area contributed by atoms with E-state index in [2.05, 4.69) is 18.0 Å². The molecule has 1 aromatic carbocycles. The second-order valence-corrected chi connectivity index (χ2v) is 8.70. The summed E-state index contributed by atoms with van der Waals surface area (Å²) in [6.07, 6.45) is 1.05. The Morgan fingerprint density at radius 1 is 1.32 bits per heavy atom. The van der Waals surface area contributed by atoms with E-state index in [0.717, 1.165) is 5.70 Å². The lowest BCUT2D eigenvalue weighted by Crippen LogP contribution is -2.42. The van der Waals surface area contributed by atoms with Crippen molar-refractivity contribution >= 4 is 23.1 Å². The second kappa shape index (κ2) is 8.59. The number of Topliss-reactive ketones (excluding diaryl/α,β-unsaturated/α-hetero) is 1. The summed E-state index contributed by atoms with van der Waals surface area (Å²) in [5.41, 5.74) is 2.60. The lowest BCUT2D eigenvalue weighted by Gasteiger charge is -2.39. The molecule has 6 nitrogen and oxygen atoms in total. The third-order valence-electron chi connectivity index (χ3n) is 5.89. The summed E-state index contributed by atoms with van der Waals surface area (Å²) in [4.78, 5) is 27.5. The minimum absolute atomic E-state index is 0.00555. The lowest BCUT2D eigenvalue weighted by molar-refractivity contribution is -0.147. The highest BCUT2D eigenvalue weighted by atomic mass is 32.1. The number of hydrogen-bond acceptors (Lipinski definition) is 7. The van der Waals surface area contributed by atoms with Crippen LogP contribution in [-0.2, 0) is 14.3 Å². The Labute approximate surface area is 185 Å². The molecule has 2 N–H and O–H groups in total. The van der Waals surface area contributed by atoms with Crippen LogP contribution in [0, 0.1) is 5.92 Å². The normalized spacial score (nSPS) is 23.2. The Hall–Kier alpha value is -3.06. The smallest absolute Gasteiger partial charge is 0.315 e. The van der Waals surface area contributed by atoms with Gasteiger partial charge in [-0.15, -0.1) is 11.3 Å². The molecule has 0 radical (unpaired) electrons. The maximum atomic E-state index is 13.4. The molecule has 2 heterocycles. The molecule has 0 bridgehead atoms. The summed E-state index contributed by atoms with van der Waals surface area (Å²) in [6, 6.07) is 8.95. The number of carbonyl (C=O) groups excluding carboxylic acids is 2. The van der Waals surface area contributed by atoms with Crippen LogP contribution in [0.25, 0.3) is 0 Å². The topological polar surface area (TPSA) is 84.9 Å². The van der Waals surface area contributed by atoms with Crippen molar-refractivity contribution in [2.45, 2.75) is 31.6 Å². The Kier molecular flexibility index (Phi) is 5.87. The van der Waals surface area contributed by atoms with Gasteiger partial charge in [0.25, 0.3) is 0 Å². The van der Waals surface area contributed by atoms with Gasteiger partial charge in [-0.1, -0.05) is 18.7 Å². The highest BCUT2D eigenvalue weighted by Gasteiger charge is 2.45. The maximum absolute atomic E-state index is 13.4. The van der Waals surface area contributed by atoms with Crippen LogP contribution < -0.4 is 10.1 Å². The molecule has 0 saturated heterocycles. The van der Waals surface area contributed by atoms with Gasteiger partial charge in [-0.2, -0.15) is 0 Å². The highest BCUT2D eigenvalue weighted by molar-refractivity contribution is 7.10. The average Bonchev–Trinajstić information content (AvgIpc) is 3.28. The van der Waals surface area contributed by atoms with Gasteiger partial charge in [-0.25, -0.2) is 0 Å². The van der Waals surface area contributed by atoms with Gasteiger partial charge in [0.2, 0.25) is 0 Å². The van der Waals surface area contributed by atoms with Gasteiger partial charge in [0.05, 0.1) is 13.7 Å². The fourth-order valence-electron chi connectivity index (χ4n) is 4.53. The third kappa shape index (κ3) is 3.85. The number of thiophene rings is 1. The van der Waals surface area contributed by atoms with Crippen molar-refractivity contribution in [1.82, 2.24) is 5.32 Å². The number of ether oxygens (including phenoxy) is 2.